The molecule has 1 saturated heterocycles. The summed E-state index contributed by atoms with van der Waals surface area (Å²) in [6, 6.07) is 14.9. The number of urea groups is 1. The summed E-state index contributed by atoms with van der Waals surface area (Å²) in [5.41, 5.74) is 1.81. The number of carbonyl (C=O) groups excluding carboxylic acids is 1. The van der Waals surface area contributed by atoms with Crippen molar-refractivity contribution < 1.29 is 9.53 Å². The van der Waals surface area contributed by atoms with Gasteiger partial charge >= 0.3 is 6.03 Å². The zero-order valence-electron chi connectivity index (χ0n) is 14.9. The number of methoxy groups -OCH3 is 1. The zero-order valence-corrected chi connectivity index (χ0v) is 15.6. The van der Waals surface area contributed by atoms with Crippen molar-refractivity contribution in [3.63, 3.8) is 0 Å². The third-order valence-corrected chi connectivity index (χ3v) is 4.89. The minimum absolute atomic E-state index is 0.0876. The molecular weight excluding hydrogens is 350 g/mol. The molecule has 1 atom stereocenters. The van der Waals surface area contributed by atoms with E-state index in [4.69, 9.17) is 16.3 Å². The molecular formula is C20H24ClN3O2. The SMILES string of the molecule is COc1ccccc1C(CNC(=O)Nc1ccc(Cl)cc1)N1CCCC1. The van der Waals surface area contributed by atoms with Gasteiger partial charge in [0.25, 0.3) is 0 Å². The maximum absolute atomic E-state index is 12.3. The predicted octanol–water partition coefficient (Wildman–Crippen LogP) is 4.31. The lowest BCUT2D eigenvalue weighted by Crippen LogP contribution is -2.38. The van der Waals surface area contributed by atoms with Gasteiger partial charge in [0.05, 0.1) is 13.2 Å². The molecule has 6 heteroatoms. The number of nitrogens with zero attached hydrogens (tertiary/aromatic N) is 1. The lowest BCUT2D eigenvalue weighted by Gasteiger charge is -2.29. The van der Waals surface area contributed by atoms with E-state index in [0.717, 1.165) is 24.4 Å². The van der Waals surface area contributed by atoms with Crippen molar-refractivity contribution in [3.05, 3.63) is 59.1 Å². The summed E-state index contributed by atoms with van der Waals surface area (Å²) >= 11 is 5.87. The molecule has 3 rings (SSSR count). The standard InChI is InChI=1S/C20H24ClN3O2/c1-26-19-7-3-2-6-17(19)18(24-12-4-5-13-24)14-22-20(25)23-16-10-8-15(21)9-11-16/h2-3,6-11,18H,4-5,12-14H2,1H3,(H2,22,23,25). The number of nitrogens with one attached hydrogen (secondary N) is 2. The number of likely N-dealkylation sites (tertiary alicyclic amines) is 1. The molecule has 2 amide bonds. The quantitative estimate of drug-likeness (QED) is 0.793. The highest BCUT2D eigenvalue weighted by molar-refractivity contribution is 6.30. The predicted molar refractivity (Wildman–Crippen MR) is 105 cm³/mol. The monoisotopic (exact) mass is 373 g/mol. The van der Waals surface area contributed by atoms with Crippen molar-refractivity contribution in [3.8, 4) is 5.75 Å². The Balaban J connectivity index is 1.67. The lowest BCUT2D eigenvalue weighted by molar-refractivity contribution is 0.224. The Bertz CT molecular complexity index is 730. The van der Waals surface area contributed by atoms with E-state index in [1.165, 1.54) is 12.8 Å². The summed E-state index contributed by atoms with van der Waals surface area (Å²) in [6.07, 6.45) is 2.37. The molecule has 1 aliphatic rings. The highest BCUT2D eigenvalue weighted by Gasteiger charge is 2.26. The van der Waals surface area contributed by atoms with Crippen LogP contribution in [0.4, 0.5) is 10.5 Å². The second-order valence-corrected chi connectivity index (χ2v) is 6.78. The molecule has 0 aliphatic carbocycles. The normalized spacial score (nSPS) is 15.5. The smallest absolute Gasteiger partial charge is 0.319 e. The molecule has 2 aromatic carbocycles. The van der Waals surface area contributed by atoms with Gasteiger partial charge in [0.1, 0.15) is 5.75 Å². The highest BCUT2D eigenvalue weighted by Crippen LogP contribution is 2.31. The number of hydrogen-bond acceptors (Lipinski definition) is 3. The number of rotatable bonds is 6. The van der Waals surface area contributed by atoms with Gasteiger partial charge in [0.2, 0.25) is 0 Å². The number of carbonyl (C=O) groups is 1. The van der Waals surface area contributed by atoms with Crippen LogP contribution in [0.1, 0.15) is 24.4 Å². The molecule has 5 nitrogen and oxygen atoms in total. The first-order chi connectivity index (χ1) is 12.7. The van der Waals surface area contributed by atoms with Gasteiger partial charge in [-0.2, -0.15) is 0 Å². The van der Waals surface area contributed by atoms with Gasteiger partial charge in [-0.1, -0.05) is 29.8 Å². The van der Waals surface area contributed by atoms with Crippen LogP contribution in [-0.2, 0) is 0 Å². The largest absolute Gasteiger partial charge is 0.496 e. The van der Waals surface area contributed by atoms with Crippen molar-refractivity contribution in [1.29, 1.82) is 0 Å². The van der Waals surface area contributed by atoms with E-state index in [-0.39, 0.29) is 12.1 Å². The number of anilines is 1. The van der Waals surface area contributed by atoms with E-state index >= 15 is 0 Å². The average Bonchev–Trinajstić information content (AvgIpc) is 3.18. The summed E-state index contributed by atoms with van der Waals surface area (Å²) < 4.78 is 5.53. The Kier molecular flexibility index (Phi) is 6.36. The van der Waals surface area contributed by atoms with Gasteiger partial charge in [-0.05, 0) is 56.3 Å². The number of hydrogen-bond donors (Lipinski definition) is 2. The highest BCUT2D eigenvalue weighted by atomic mass is 35.5. The molecule has 2 aromatic rings. The van der Waals surface area contributed by atoms with Crippen LogP contribution in [0.3, 0.4) is 0 Å². The molecule has 1 aliphatic heterocycles. The minimum Gasteiger partial charge on any atom is -0.496 e. The number of amides is 2. The molecule has 26 heavy (non-hydrogen) atoms. The molecule has 0 saturated carbocycles. The van der Waals surface area contributed by atoms with E-state index in [1.807, 2.05) is 18.2 Å². The van der Waals surface area contributed by atoms with Crippen molar-refractivity contribution >= 4 is 23.3 Å². The topological polar surface area (TPSA) is 53.6 Å². The average molecular weight is 374 g/mol. The van der Waals surface area contributed by atoms with Crippen LogP contribution >= 0.6 is 11.6 Å². The summed E-state index contributed by atoms with van der Waals surface area (Å²) in [5.74, 6) is 0.851. The third-order valence-electron chi connectivity index (χ3n) is 4.64. The van der Waals surface area contributed by atoms with E-state index in [1.54, 1.807) is 31.4 Å². The van der Waals surface area contributed by atoms with Crippen LogP contribution in [-0.4, -0.2) is 37.7 Å². The molecule has 1 fully saturated rings. The maximum Gasteiger partial charge on any atom is 0.319 e. The van der Waals surface area contributed by atoms with Crippen LogP contribution in [0.2, 0.25) is 5.02 Å². The third kappa shape index (κ3) is 4.68. The first kappa shape index (κ1) is 18.5. The number of ether oxygens (including phenoxy) is 1. The molecule has 0 radical (unpaired) electrons. The zero-order chi connectivity index (χ0) is 18.4. The molecule has 0 bridgehead atoms. The second kappa shape index (κ2) is 8.92. The van der Waals surface area contributed by atoms with Crippen LogP contribution in [0.5, 0.6) is 5.75 Å². The Morgan fingerprint density at radius 3 is 2.54 bits per heavy atom. The second-order valence-electron chi connectivity index (χ2n) is 6.34. The van der Waals surface area contributed by atoms with Gasteiger partial charge in [0, 0.05) is 22.8 Å². The number of halogens is 1. The number of para-hydroxylation sites is 1. The van der Waals surface area contributed by atoms with Crippen molar-refractivity contribution in [2.24, 2.45) is 0 Å². The summed E-state index contributed by atoms with van der Waals surface area (Å²) in [6.45, 7) is 2.58. The first-order valence-corrected chi connectivity index (χ1v) is 9.22. The summed E-state index contributed by atoms with van der Waals surface area (Å²) in [5, 5.41) is 6.47. The fourth-order valence-electron chi connectivity index (χ4n) is 3.33. The van der Waals surface area contributed by atoms with Gasteiger partial charge in [-0.25, -0.2) is 4.79 Å². The van der Waals surface area contributed by atoms with E-state index in [2.05, 4.69) is 21.6 Å². The van der Waals surface area contributed by atoms with Gasteiger partial charge in [0.15, 0.2) is 0 Å². The minimum atomic E-state index is -0.230. The molecule has 0 spiro atoms. The molecule has 1 heterocycles. The fraction of sp³-hybridized carbons (Fsp3) is 0.350. The van der Waals surface area contributed by atoms with Crippen LogP contribution in [0.15, 0.2) is 48.5 Å². The Morgan fingerprint density at radius 2 is 1.85 bits per heavy atom. The lowest BCUT2D eigenvalue weighted by atomic mass is 10.0. The van der Waals surface area contributed by atoms with Crippen LogP contribution in [0, 0.1) is 0 Å². The summed E-state index contributed by atoms with van der Waals surface area (Å²) in [7, 11) is 1.68. The Hall–Kier alpha value is -2.24. The first-order valence-electron chi connectivity index (χ1n) is 8.85. The van der Waals surface area contributed by atoms with E-state index in [0.29, 0.717) is 17.3 Å². The molecule has 2 N–H and O–H groups in total. The molecule has 138 valence electrons. The van der Waals surface area contributed by atoms with Gasteiger partial charge < -0.3 is 15.4 Å². The molecule has 1 unspecified atom stereocenters. The van der Waals surface area contributed by atoms with E-state index in [9.17, 15) is 4.79 Å². The van der Waals surface area contributed by atoms with Crippen molar-refractivity contribution in [2.75, 3.05) is 32.1 Å². The number of benzene rings is 2. The van der Waals surface area contributed by atoms with Gasteiger partial charge in [-0.15, -0.1) is 0 Å². The van der Waals surface area contributed by atoms with Crippen LogP contribution < -0.4 is 15.4 Å². The Labute approximate surface area is 159 Å². The van der Waals surface area contributed by atoms with Crippen molar-refractivity contribution in [1.82, 2.24) is 10.2 Å². The molecule has 0 aromatic heterocycles. The van der Waals surface area contributed by atoms with Crippen molar-refractivity contribution in [2.45, 2.75) is 18.9 Å². The summed E-state index contributed by atoms with van der Waals surface area (Å²) in [4.78, 5) is 14.7. The fourth-order valence-corrected chi connectivity index (χ4v) is 3.45. The van der Waals surface area contributed by atoms with E-state index < -0.39 is 0 Å². The maximum atomic E-state index is 12.3. The van der Waals surface area contributed by atoms with Gasteiger partial charge in [-0.3, -0.25) is 4.90 Å². The Morgan fingerprint density at radius 1 is 1.15 bits per heavy atom. The van der Waals surface area contributed by atoms with Crippen LogP contribution in [0.25, 0.3) is 0 Å².